The van der Waals surface area contributed by atoms with Crippen molar-refractivity contribution in [2.45, 2.75) is 98.3 Å². The van der Waals surface area contributed by atoms with Gasteiger partial charge in [0.15, 0.2) is 0 Å². The van der Waals surface area contributed by atoms with Crippen LogP contribution in [0, 0.1) is 20.8 Å². The zero-order valence-electron chi connectivity index (χ0n) is 19.6. The van der Waals surface area contributed by atoms with E-state index in [9.17, 15) is 19.8 Å². The van der Waals surface area contributed by atoms with Crippen LogP contribution in [0.2, 0.25) is 0 Å². The average Bonchev–Trinajstić information content (AvgIpc) is 2.71. The smallest absolute Gasteiger partial charge is 0.550 e. The van der Waals surface area contributed by atoms with Crippen molar-refractivity contribution >= 4 is 35.8 Å². The van der Waals surface area contributed by atoms with Gasteiger partial charge in [0, 0.05) is 11.5 Å². The van der Waals surface area contributed by atoms with Gasteiger partial charge in [-0.15, -0.1) is 0 Å². The maximum atomic E-state index is 10.3. The Morgan fingerprint density at radius 2 is 1.23 bits per heavy atom. The molecule has 0 aliphatic heterocycles. The molecule has 30 heavy (non-hydrogen) atoms. The molecule has 0 fully saturated rings. The van der Waals surface area contributed by atoms with Crippen LogP contribution in [0.1, 0.15) is 107 Å². The fourth-order valence-electron chi connectivity index (χ4n) is 1.85. The molecule has 0 amide bonds. The standard InChI is InChI=1S/C9H18O2.C8H8O2.2C4H9.Sn/c1-2-3-4-5-6-7-8-9(10)11;1-6-4-2-3-5-7(6)8(9)10;2*1-3-4-2;/h2-8H2,1H3,(H,10,11);2-5H,1H3,(H,9,10);2*1,3-4H2,2H3;/q;;;;+2/p-2. The van der Waals surface area contributed by atoms with Crippen LogP contribution in [0.5, 0.6) is 0 Å². The number of aryl methyl sites for hydroxylation is 1. The van der Waals surface area contributed by atoms with Gasteiger partial charge in [0.2, 0.25) is 0 Å². The molecule has 0 N–H and O–H groups in total. The molecule has 0 aliphatic carbocycles. The number of aromatic carboxylic acids is 1. The first-order valence-electron chi connectivity index (χ1n) is 10.9. The van der Waals surface area contributed by atoms with Crippen molar-refractivity contribution in [3.63, 3.8) is 0 Å². The summed E-state index contributed by atoms with van der Waals surface area (Å²) in [5, 5.41) is 20.3. The van der Waals surface area contributed by atoms with E-state index in [2.05, 4.69) is 34.6 Å². The fourth-order valence-corrected chi connectivity index (χ4v) is 1.85. The monoisotopic (exact) mass is 526 g/mol. The molecule has 0 aromatic heterocycles. The van der Waals surface area contributed by atoms with Crippen LogP contribution in [-0.2, 0) is 4.79 Å². The van der Waals surface area contributed by atoms with Gasteiger partial charge in [-0.2, -0.15) is 0 Å². The number of carboxylic acid groups (broad SMARTS) is 2. The van der Waals surface area contributed by atoms with Gasteiger partial charge in [-0.1, -0.05) is 117 Å². The van der Waals surface area contributed by atoms with E-state index in [0.717, 1.165) is 31.2 Å². The van der Waals surface area contributed by atoms with Gasteiger partial charge in [0.1, 0.15) is 0 Å². The molecule has 1 aromatic rings. The zero-order chi connectivity index (χ0) is 22.9. The van der Waals surface area contributed by atoms with Gasteiger partial charge in [0.05, 0.1) is 5.97 Å². The average molecular weight is 525 g/mol. The quantitative estimate of drug-likeness (QED) is 0.328. The molecule has 0 unspecified atom stereocenters. The Morgan fingerprint density at radius 1 is 0.800 bits per heavy atom. The predicted octanol–water partition coefficient (Wildman–Crippen LogP) is 4.71. The molecule has 0 saturated heterocycles. The van der Waals surface area contributed by atoms with E-state index in [-0.39, 0.29) is 35.9 Å². The van der Waals surface area contributed by atoms with Crippen LogP contribution in [0.15, 0.2) is 24.3 Å². The third kappa shape index (κ3) is 31.6. The number of carboxylic acids is 2. The van der Waals surface area contributed by atoms with Crippen molar-refractivity contribution < 1.29 is 19.8 Å². The van der Waals surface area contributed by atoms with Gasteiger partial charge in [-0.05, 0) is 25.3 Å². The van der Waals surface area contributed by atoms with Crippen molar-refractivity contribution in [3.8, 4) is 0 Å². The van der Waals surface area contributed by atoms with Crippen LogP contribution in [-0.4, -0.2) is 35.8 Å². The summed E-state index contributed by atoms with van der Waals surface area (Å²) < 4.78 is 0. The second-order valence-electron chi connectivity index (χ2n) is 6.70. The first-order chi connectivity index (χ1) is 13.8. The van der Waals surface area contributed by atoms with Gasteiger partial charge >= 0.3 is 23.9 Å². The second kappa shape index (κ2) is 30.2. The summed E-state index contributed by atoms with van der Waals surface area (Å²) in [6.45, 7) is 15.4. The largest absolute Gasteiger partial charge is 2.00 e. The summed E-state index contributed by atoms with van der Waals surface area (Å²) in [5.74, 6) is -2.03. The number of rotatable bonds is 10. The minimum absolute atomic E-state index is 0. The normalized spacial score (nSPS) is 8.73. The summed E-state index contributed by atoms with van der Waals surface area (Å²) in [4.78, 5) is 20.3. The van der Waals surface area contributed by atoms with Crippen molar-refractivity contribution in [1.29, 1.82) is 0 Å². The van der Waals surface area contributed by atoms with Crippen LogP contribution in [0.4, 0.5) is 0 Å². The van der Waals surface area contributed by atoms with Gasteiger partial charge in [0.25, 0.3) is 0 Å². The number of hydrogen-bond acceptors (Lipinski definition) is 4. The number of unbranched alkanes of at least 4 members (excludes halogenated alkanes) is 7. The van der Waals surface area contributed by atoms with Crippen molar-refractivity contribution in [2.24, 2.45) is 0 Å². The third-order valence-corrected chi connectivity index (χ3v) is 3.81. The van der Waals surface area contributed by atoms with E-state index in [4.69, 9.17) is 0 Å². The van der Waals surface area contributed by atoms with Crippen molar-refractivity contribution in [2.75, 3.05) is 0 Å². The van der Waals surface area contributed by atoms with E-state index in [1.807, 2.05) is 0 Å². The molecule has 0 spiro atoms. The summed E-state index contributed by atoms with van der Waals surface area (Å²) in [5.41, 5.74) is 1.00. The molecular formula is C25H42O4Sn. The van der Waals surface area contributed by atoms with E-state index < -0.39 is 11.9 Å². The molecule has 4 radical (unpaired) electrons. The Balaban J connectivity index is -0.000000163. The summed E-state index contributed by atoms with van der Waals surface area (Å²) >= 11 is 0. The van der Waals surface area contributed by atoms with Gasteiger partial charge in [-0.3, -0.25) is 0 Å². The summed E-state index contributed by atoms with van der Waals surface area (Å²) in [6, 6.07) is 6.75. The maximum absolute atomic E-state index is 10.3. The molecule has 5 heteroatoms. The Kier molecular flexibility index (Phi) is 36.5. The molecule has 0 atom stereocenters. The summed E-state index contributed by atoms with van der Waals surface area (Å²) in [7, 11) is 0. The van der Waals surface area contributed by atoms with E-state index in [0.29, 0.717) is 0 Å². The molecule has 0 aliphatic rings. The summed E-state index contributed by atoms with van der Waals surface area (Å²) in [6.07, 6.45) is 11.5. The van der Waals surface area contributed by atoms with E-state index >= 15 is 0 Å². The Hall–Kier alpha value is -1.04. The minimum Gasteiger partial charge on any atom is -0.550 e. The molecule has 170 valence electrons. The fraction of sp³-hybridized carbons (Fsp3) is 0.600. The SMILES string of the molecule is CCCCCCCCC(=O)[O-].Cc1ccccc1C(=O)[O-].[CH2]CCC.[CH2]CCC.[Sn+2]. The number of aliphatic carboxylic acids is 1. The first-order valence-corrected chi connectivity index (χ1v) is 10.9. The number of benzene rings is 1. The van der Waals surface area contributed by atoms with E-state index in [1.165, 1.54) is 44.6 Å². The molecular weight excluding hydrogens is 483 g/mol. The molecule has 0 bridgehead atoms. The first kappa shape index (κ1) is 36.3. The topological polar surface area (TPSA) is 80.3 Å². The number of carbonyl (C=O) groups excluding carboxylic acids is 2. The predicted molar refractivity (Wildman–Crippen MR) is 125 cm³/mol. The molecule has 0 heterocycles. The number of carbonyl (C=O) groups is 2. The Labute approximate surface area is 202 Å². The van der Waals surface area contributed by atoms with Crippen LogP contribution >= 0.6 is 0 Å². The van der Waals surface area contributed by atoms with Gasteiger partial charge in [-0.25, -0.2) is 0 Å². The molecule has 1 rings (SSSR count). The van der Waals surface area contributed by atoms with Gasteiger partial charge < -0.3 is 19.8 Å². The molecule has 4 nitrogen and oxygen atoms in total. The number of hydrogen-bond donors (Lipinski definition) is 0. The Bertz CT molecular complexity index is 482. The maximum Gasteiger partial charge on any atom is 2.00 e. The minimum atomic E-state index is -1.11. The molecule has 1 aromatic carbocycles. The van der Waals surface area contributed by atoms with Crippen molar-refractivity contribution in [1.82, 2.24) is 0 Å². The Morgan fingerprint density at radius 3 is 1.57 bits per heavy atom. The third-order valence-electron chi connectivity index (χ3n) is 3.81. The van der Waals surface area contributed by atoms with Crippen LogP contribution < -0.4 is 10.2 Å². The van der Waals surface area contributed by atoms with Crippen LogP contribution in [0.3, 0.4) is 0 Å². The van der Waals surface area contributed by atoms with E-state index in [1.54, 1.807) is 25.1 Å². The van der Waals surface area contributed by atoms with Crippen molar-refractivity contribution in [3.05, 3.63) is 49.2 Å². The molecule has 0 saturated carbocycles. The second-order valence-corrected chi connectivity index (χ2v) is 6.70. The van der Waals surface area contributed by atoms with Crippen LogP contribution in [0.25, 0.3) is 0 Å². The zero-order valence-corrected chi connectivity index (χ0v) is 22.5.